The van der Waals surface area contributed by atoms with Crippen LogP contribution in [0.25, 0.3) is 0 Å². The van der Waals surface area contributed by atoms with Gasteiger partial charge < -0.3 is 15.2 Å². The Labute approximate surface area is 82.2 Å². The number of anilines is 1. The van der Waals surface area contributed by atoms with Gasteiger partial charge in [-0.2, -0.15) is 0 Å². The van der Waals surface area contributed by atoms with Gasteiger partial charge in [-0.15, -0.1) is 0 Å². The van der Waals surface area contributed by atoms with Gasteiger partial charge in [-0.05, 0) is 6.92 Å². The molecule has 76 valence electrons. The van der Waals surface area contributed by atoms with E-state index in [-0.39, 0.29) is 5.56 Å². The van der Waals surface area contributed by atoms with E-state index in [1.165, 1.54) is 0 Å². The van der Waals surface area contributed by atoms with Gasteiger partial charge in [0.1, 0.15) is 0 Å². The molecule has 1 saturated heterocycles. The van der Waals surface area contributed by atoms with E-state index < -0.39 is 0 Å². The number of hydrogen-bond donors (Lipinski definition) is 2. The molecule has 1 aromatic heterocycles. The summed E-state index contributed by atoms with van der Waals surface area (Å²) in [6.45, 7) is 4.71. The fraction of sp³-hybridized carbons (Fsp3) is 0.556. The molecular weight excluding hydrogens is 180 g/mol. The highest BCUT2D eigenvalue weighted by Crippen LogP contribution is 2.10. The maximum atomic E-state index is 11.5. The molecule has 0 spiro atoms. The predicted octanol–water partition coefficient (Wildman–Crippen LogP) is -0.432. The van der Waals surface area contributed by atoms with Gasteiger partial charge in [0.2, 0.25) is 0 Å². The number of likely N-dealkylation sites (N-methyl/N-ethyl adjacent to an activating group) is 1. The number of nitrogens with one attached hydrogen (secondary N) is 2. The van der Waals surface area contributed by atoms with Gasteiger partial charge in [0.15, 0.2) is 5.82 Å². The summed E-state index contributed by atoms with van der Waals surface area (Å²) in [5.41, 5.74) is -0.110. The first kappa shape index (κ1) is 9.21. The highest BCUT2D eigenvalue weighted by molar-refractivity contribution is 5.37. The summed E-state index contributed by atoms with van der Waals surface area (Å²) in [6, 6.07) is 0.413. The number of nitrogens with zero attached hydrogens (tertiary/aromatic N) is 2. The minimum Gasteiger partial charge on any atom is -0.347 e. The summed E-state index contributed by atoms with van der Waals surface area (Å²) >= 11 is 0. The highest BCUT2D eigenvalue weighted by atomic mass is 16.1. The first-order chi connectivity index (χ1) is 6.83. The molecule has 2 N–H and O–H groups in total. The molecule has 1 aliphatic heterocycles. The topological polar surface area (TPSA) is 61.0 Å². The van der Waals surface area contributed by atoms with Crippen molar-refractivity contribution >= 4 is 5.82 Å². The fourth-order valence-corrected chi connectivity index (χ4v) is 1.62. The molecule has 2 rings (SSSR count). The molecule has 1 aromatic rings. The number of aromatic nitrogens is 2. The van der Waals surface area contributed by atoms with Crippen LogP contribution in [0.2, 0.25) is 0 Å². The average molecular weight is 194 g/mol. The lowest BCUT2D eigenvalue weighted by Gasteiger charge is -2.37. The van der Waals surface area contributed by atoms with Crippen LogP contribution < -0.4 is 15.8 Å². The second-order valence-electron chi connectivity index (χ2n) is 3.34. The summed E-state index contributed by atoms with van der Waals surface area (Å²) in [4.78, 5) is 20.3. The predicted molar refractivity (Wildman–Crippen MR) is 54.5 cm³/mol. The van der Waals surface area contributed by atoms with E-state index in [2.05, 4.69) is 15.3 Å². The summed E-state index contributed by atoms with van der Waals surface area (Å²) in [6.07, 6.45) is 3.17. The van der Waals surface area contributed by atoms with Crippen LogP contribution in [0.4, 0.5) is 5.82 Å². The van der Waals surface area contributed by atoms with E-state index in [1.54, 1.807) is 12.4 Å². The molecular formula is C9H14N4O. The number of aromatic amines is 1. The SMILES string of the molecule is CCN(c1ncc[nH]c1=O)C1CNC1. The van der Waals surface area contributed by atoms with Gasteiger partial charge in [-0.1, -0.05) is 0 Å². The lowest BCUT2D eigenvalue weighted by molar-refractivity contribution is 0.414. The Bertz CT molecular complexity index is 358. The van der Waals surface area contributed by atoms with Crippen LogP contribution in [0, 0.1) is 0 Å². The number of hydrogen-bond acceptors (Lipinski definition) is 4. The van der Waals surface area contributed by atoms with Crippen LogP contribution >= 0.6 is 0 Å². The van der Waals surface area contributed by atoms with Crippen LogP contribution in [0.5, 0.6) is 0 Å². The zero-order chi connectivity index (χ0) is 9.97. The quantitative estimate of drug-likeness (QED) is 0.685. The number of rotatable bonds is 3. The lowest BCUT2D eigenvalue weighted by atomic mass is 10.1. The molecule has 5 heteroatoms. The summed E-state index contributed by atoms with van der Waals surface area (Å²) in [7, 11) is 0. The zero-order valence-corrected chi connectivity index (χ0v) is 8.16. The van der Waals surface area contributed by atoms with E-state index >= 15 is 0 Å². The first-order valence-electron chi connectivity index (χ1n) is 4.84. The first-order valence-corrected chi connectivity index (χ1v) is 4.84. The Balaban J connectivity index is 2.26. The van der Waals surface area contributed by atoms with E-state index in [1.807, 2.05) is 11.8 Å². The van der Waals surface area contributed by atoms with Crippen LogP contribution in [0.3, 0.4) is 0 Å². The van der Waals surface area contributed by atoms with Crippen molar-refractivity contribution in [1.29, 1.82) is 0 Å². The third-order valence-corrected chi connectivity index (χ3v) is 2.50. The Morgan fingerprint density at radius 2 is 2.43 bits per heavy atom. The number of H-pyrrole nitrogens is 1. The maximum absolute atomic E-state index is 11.5. The second-order valence-corrected chi connectivity index (χ2v) is 3.34. The largest absolute Gasteiger partial charge is 0.347 e. The monoisotopic (exact) mass is 194 g/mol. The minimum atomic E-state index is -0.110. The van der Waals surface area contributed by atoms with E-state index in [0.29, 0.717) is 11.9 Å². The van der Waals surface area contributed by atoms with Crippen LogP contribution in [-0.4, -0.2) is 35.6 Å². The van der Waals surface area contributed by atoms with Gasteiger partial charge in [0, 0.05) is 32.0 Å². The Morgan fingerprint density at radius 1 is 1.64 bits per heavy atom. The van der Waals surface area contributed by atoms with Gasteiger partial charge in [0.05, 0.1) is 6.04 Å². The standard InChI is InChI=1S/C9H14N4O/c1-2-13(7-5-10-6-7)8-9(14)12-4-3-11-8/h3-4,7,10H,2,5-6H2,1H3,(H,12,14). The normalized spacial score (nSPS) is 16.4. The van der Waals surface area contributed by atoms with Crippen molar-refractivity contribution in [2.24, 2.45) is 0 Å². The molecule has 1 fully saturated rings. The smallest absolute Gasteiger partial charge is 0.290 e. The van der Waals surface area contributed by atoms with Crippen molar-refractivity contribution in [2.45, 2.75) is 13.0 Å². The van der Waals surface area contributed by atoms with E-state index in [0.717, 1.165) is 19.6 Å². The molecule has 14 heavy (non-hydrogen) atoms. The molecule has 2 heterocycles. The van der Waals surface area contributed by atoms with Gasteiger partial charge in [-0.25, -0.2) is 4.98 Å². The fourth-order valence-electron chi connectivity index (χ4n) is 1.62. The minimum absolute atomic E-state index is 0.110. The van der Waals surface area contributed by atoms with Crippen LogP contribution in [-0.2, 0) is 0 Å². The van der Waals surface area contributed by atoms with Crippen LogP contribution in [0.1, 0.15) is 6.92 Å². The molecule has 0 amide bonds. The van der Waals surface area contributed by atoms with Gasteiger partial charge >= 0.3 is 0 Å². The van der Waals surface area contributed by atoms with E-state index in [4.69, 9.17) is 0 Å². The van der Waals surface area contributed by atoms with E-state index in [9.17, 15) is 4.79 Å². The summed E-state index contributed by atoms with van der Waals surface area (Å²) in [5.74, 6) is 0.529. The second kappa shape index (κ2) is 3.79. The molecule has 5 nitrogen and oxygen atoms in total. The Morgan fingerprint density at radius 3 is 2.93 bits per heavy atom. The zero-order valence-electron chi connectivity index (χ0n) is 8.16. The van der Waals surface area contributed by atoms with Crippen molar-refractivity contribution < 1.29 is 0 Å². The Hall–Kier alpha value is -1.36. The molecule has 0 aliphatic carbocycles. The summed E-state index contributed by atoms with van der Waals surface area (Å²) in [5, 5.41) is 3.18. The molecule has 0 unspecified atom stereocenters. The molecule has 0 atom stereocenters. The molecule has 0 bridgehead atoms. The van der Waals surface area contributed by atoms with Crippen molar-refractivity contribution in [1.82, 2.24) is 15.3 Å². The summed E-state index contributed by atoms with van der Waals surface area (Å²) < 4.78 is 0. The third-order valence-electron chi connectivity index (χ3n) is 2.50. The highest BCUT2D eigenvalue weighted by Gasteiger charge is 2.25. The Kier molecular flexibility index (Phi) is 2.49. The van der Waals surface area contributed by atoms with Gasteiger partial charge in [-0.3, -0.25) is 4.79 Å². The van der Waals surface area contributed by atoms with Gasteiger partial charge in [0.25, 0.3) is 5.56 Å². The molecule has 1 aliphatic rings. The van der Waals surface area contributed by atoms with Crippen molar-refractivity contribution in [3.8, 4) is 0 Å². The third kappa shape index (κ3) is 1.50. The maximum Gasteiger partial charge on any atom is 0.290 e. The van der Waals surface area contributed by atoms with Crippen molar-refractivity contribution in [3.63, 3.8) is 0 Å². The lowest BCUT2D eigenvalue weighted by Crippen LogP contribution is -2.58. The van der Waals surface area contributed by atoms with Crippen LogP contribution in [0.15, 0.2) is 17.2 Å². The van der Waals surface area contributed by atoms with Crippen molar-refractivity contribution in [2.75, 3.05) is 24.5 Å². The average Bonchev–Trinajstić information content (AvgIpc) is 2.12. The molecule has 0 saturated carbocycles. The molecule has 0 radical (unpaired) electrons. The van der Waals surface area contributed by atoms with Crippen molar-refractivity contribution in [3.05, 3.63) is 22.7 Å². The molecule has 0 aromatic carbocycles.